The lowest BCUT2D eigenvalue weighted by Gasteiger charge is -2.12. The first-order valence-electron chi connectivity index (χ1n) is 7.64. The van der Waals surface area contributed by atoms with E-state index in [1.807, 2.05) is 0 Å². The number of hydrogen-bond acceptors (Lipinski definition) is 1. The average Bonchev–Trinajstić information content (AvgIpc) is 2.72. The van der Waals surface area contributed by atoms with Crippen molar-refractivity contribution in [3.8, 4) is 0 Å². The molecule has 0 fully saturated rings. The summed E-state index contributed by atoms with van der Waals surface area (Å²) in [5, 5.41) is 3.61. The van der Waals surface area contributed by atoms with E-state index in [2.05, 4.69) is 67.9 Å². The number of aryl methyl sites for hydroxylation is 2. The molecule has 0 aliphatic heterocycles. The van der Waals surface area contributed by atoms with E-state index in [0.717, 1.165) is 19.5 Å². The lowest BCUT2D eigenvalue weighted by atomic mass is 10.1. The first-order valence-corrected chi connectivity index (χ1v) is 7.64. The second-order valence-corrected chi connectivity index (χ2v) is 5.40. The van der Waals surface area contributed by atoms with E-state index in [4.69, 9.17) is 0 Å². The molecule has 0 amide bonds. The van der Waals surface area contributed by atoms with Crippen molar-refractivity contribution < 1.29 is 0 Å². The molecule has 1 heterocycles. The van der Waals surface area contributed by atoms with Gasteiger partial charge in [0.05, 0.1) is 0 Å². The molecule has 0 atom stereocenters. The summed E-state index contributed by atoms with van der Waals surface area (Å²) in [6, 6.07) is 10.9. The van der Waals surface area contributed by atoms with E-state index >= 15 is 0 Å². The summed E-state index contributed by atoms with van der Waals surface area (Å²) < 4.78 is 2.37. The largest absolute Gasteiger partial charge is 0.381 e. The fraction of sp³-hybridized carbons (Fsp3) is 0.444. The summed E-state index contributed by atoms with van der Waals surface area (Å²) in [5.74, 6) is 0. The van der Waals surface area contributed by atoms with E-state index in [1.54, 1.807) is 0 Å². The molecule has 0 unspecified atom stereocenters. The minimum atomic E-state index is 0.903. The summed E-state index contributed by atoms with van der Waals surface area (Å²) in [4.78, 5) is 0. The first kappa shape index (κ1) is 14.7. The molecule has 0 aliphatic carbocycles. The third-order valence-corrected chi connectivity index (χ3v) is 4.00. The van der Waals surface area contributed by atoms with Crippen molar-refractivity contribution in [2.75, 3.05) is 5.32 Å². The Bertz CT molecular complexity index is 567. The van der Waals surface area contributed by atoms with E-state index in [1.165, 1.54) is 34.6 Å². The standard InChI is InChI=1S/C18H26N2/c1-5-9-16-10-7-8-11-18(16)19-13-17-12-14(3)20(6-2)15(17)4/h7-8,10-12,19H,5-6,9,13H2,1-4H3. The maximum atomic E-state index is 3.61. The molecule has 1 N–H and O–H groups in total. The van der Waals surface area contributed by atoms with E-state index in [-0.39, 0.29) is 0 Å². The van der Waals surface area contributed by atoms with Crippen molar-refractivity contribution in [1.82, 2.24) is 4.57 Å². The molecule has 108 valence electrons. The third-order valence-electron chi connectivity index (χ3n) is 4.00. The van der Waals surface area contributed by atoms with Crippen LogP contribution in [-0.2, 0) is 19.5 Å². The van der Waals surface area contributed by atoms with Crippen LogP contribution in [0.15, 0.2) is 30.3 Å². The fourth-order valence-corrected chi connectivity index (χ4v) is 2.91. The maximum Gasteiger partial charge on any atom is 0.0418 e. The van der Waals surface area contributed by atoms with Gasteiger partial charge in [-0.3, -0.25) is 0 Å². The summed E-state index contributed by atoms with van der Waals surface area (Å²) in [5.41, 5.74) is 6.82. The van der Waals surface area contributed by atoms with Crippen LogP contribution in [-0.4, -0.2) is 4.57 Å². The molecule has 1 aromatic heterocycles. The zero-order valence-corrected chi connectivity index (χ0v) is 13.2. The molecular formula is C18H26N2. The fourth-order valence-electron chi connectivity index (χ4n) is 2.91. The molecule has 0 radical (unpaired) electrons. The molecule has 2 rings (SSSR count). The SMILES string of the molecule is CCCc1ccccc1NCc1cc(C)n(CC)c1C. The number of rotatable bonds is 6. The molecule has 2 aromatic rings. The summed E-state index contributed by atoms with van der Waals surface area (Å²) in [6.45, 7) is 10.8. The van der Waals surface area contributed by atoms with Crippen molar-refractivity contribution in [3.63, 3.8) is 0 Å². The second kappa shape index (κ2) is 6.65. The van der Waals surface area contributed by atoms with Crippen molar-refractivity contribution in [3.05, 3.63) is 52.8 Å². The van der Waals surface area contributed by atoms with Crippen LogP contribution in [0.4, 0.5) is 5.69 Å². The van der Waals surface area contributed by atoms with Gasteiger partial charge in [0.2, 0.25) is 0 Å². The normalized spacial score (nSPS) is 10.8. The van der Waals surface area contributed by atoms with Gasteiger partial charge in [0, 0.05) is 30.2 Å². The molecular weight excluding hydrogens is 244 g/mol. The van der Waals surface area contributed by atoms with Crippen LogP contribution in [0.1, 0.15) is 42.8 Å². The summed E-state index contributed by atoms with van der Waals surface area (Å²) in [6.07, 6.45) is 2.32. The van der Waals surface area contributed by atoms with E-state index in [9.17, 15) is 0 Å². The van der Waals surface area contributed by atoms with Gasteiger partial charge in [0.25, 0.3) is 0 Å². The average molecular weight is 270 g/mol. The molecule has 0 bridgehead atoms. The van der Waals surface area contributed by atoms with Gasteiger partial charge >= 0.3 is 0 Å². The number of para-hydroxylation sites is 1. The zero-order valence-electron chi connectivity index (χ0n) is 13.2. The number of benzene rings is 1. The summed E-state index contributed by atoms with van der Waals surface area (Å²) in [7, 11) is 0. The number of nitrogens with one attached hydrogen (secondary N) is 1. The van der Waals surface area contributed by atoms with Crippen LogP contribution in [0.25, 0.3) is 0 Å². The smallest absolute Gasteiger partial charge is 0.0418 e. The van der Waals surface area contributed by atoms with Gasteiger partial charge in [-0.25, -0.2) is 0 Å². The monoisotopic (exact) mass is 270 g/mol. The zero-order chi connectivity index (χ0) is 14.5. The Morgan fingerprint density at radius 3 is 2.45 bits per heavy atom. The Morgan fingerprint density at radius 1 is 1.05 bits per heavy atom. The number of anilines is 1. The van der Waals surface area contributed by atoms with Crippen LogP contribution in [0, 0.1) is 13.8 Å². The van der Waals surface area contributed by atoms with Crippen LogP contribution in [0.5, 0.6) is 0 Å². The molecule has 0 spiro atoms. The Hall–Kier alpha value is -1.70. The molecule has 0 saturated heterocycles. The lowest BCUT2D eigenvalue weighted by Crippen LogP contribution is -2.04. The molecule has 0 aliphatic rings. The van der Waals surface area contributed by atoms with Gasteiger partial charge in [-0.1, -0.05) is 31.5 Å². The van der Waals surface area contributed by atoms with Crippen LogP contribution in [0.3, 0.4) is 0 Å². The highest BCUT2D eigenvalue weighted by Gasteiger charge is 2.08. The number of hydrogen-bond donors (Lipinski definition) is 1. The van der Waals surface area contributed by atoms with Crippen LogP contribution >= 0.6 is 0 Å². The van der Waals surface area contributed by atoms with Crippen molar-refractivity contribution in [2.24, 2.45) is 0 Å². The maximum absolute atomic E-state index is 3.61. The Balaban J connectivity index is 2.13. The van der Waals surface area contributed by atoms with Crippen molar-refractivity contribution in [1.29, 1.82) is 0 Å². The number of nitrogens with zero attached hydrogens (tertiary/aromatic N) is 1. The minimum Gasteiger partial charge on any atom is -0.381 e. The predicted octanol–water partition coefficient (Wildman–Crippen LogP) is 4.69. The van der Waals surface area contributed by atoms with Crippen molar-refractivity contribution >= 4 is 5.69 Å². The second-order valence-electron chi connectivity index (χ2n) is 5.40. The van der Waals surface area contributed by atoms with Crippen LogP contribution in [0.2, 0.25) is 0 Å². The predicted molar refractivity (Wildman–Crippen MR) is 87.3 cm³/mol. The van der Waals surface area contributed by atoms with Gasteiger partial charge in [-0.15, -0.1) is 0 Å². The lowest BCUT2D eigenvalue weighted by molar-refractivity contribution is 0.715. The van der Waals surface area contributed by atoms with Gasteiger partial charge in [-0.05, 0) is 50.5 Å². The molecule has 20 heavy (non-hydrogen) atoms. The Labute approximate surface area is 122 Å². The highest BCUT2D eigenvalue weighted by molar-refractivity contribution is 5.51. The summed E-state index contributed by atoms with van der Waals surface area (Å²) >= 11 is 0. The van der Waals surface area contributed by atoms with Gasteiger partial charge in [0.15, 0.2) is 0 Å². The third kappa shape index (κ3) is 3.06. The quantitative estimate of drug-likeness (QED) is 0.805. The number of aromatic nitrogens is 1. The van der Waals surface area contributed by atoms with Crippen LogP contribution < -0.4 is 5.32 Å². The van der Waals surface area contributed by atoms with Gasteiger partial charge in [0.1, 0.15) is 0 Å². The van der Waals surface area contributed by atoms with E-state index in [0.29, 0.717) is 0 Å². The Morgan fingerprint density at radius 2 is 1.80 bits per heavy atom. The highest BCUT2D eigenvalue weighted by atomic mass is 15.0. The molecule has 2 heteroatoms. The highest BCUT2D eigenvalue weighted by Crippen LogP contribution is 2.20. The topological polar surface area (TPSA) is 17.0 Å². The van der Waals surface area contributed by atoms with Gasteiger partial charge in [-0.2, -0.15) is 0 Å². The molecule has 1 aromatic carbocycles. The van der Waals surface area contributed by atoms with Gasteiger partial charge < -0.3 is 9.88 Å². The minimum absolute atomic E-state index is 0.903. The van der Waals surface area contributed by atoms with Crippen molar-refractivity contribution in [2.45, 2.75) is 53.6 Å². The Kier molecular flexibility index (Phi) is 4.89. The molecule has 0 saturated carbocycles. The first-order chi connectivity index (χ1) is 9.67. The molecule has 2 nitrogen and oxygen atoms in total. The van der Waals surface area contributed by atoms with E-state index < -0.39 is 0 Å².